The Hall–Kier alpha value is -1.92. The molecule has 6 heteroatoms. The summed E-state index contributed by atoms with van der Waals surface area (Å²) in [4.78, 5) is 17.7. The van der Waals surface area contributed by atoms with Crippen molar-refractivity contribution in [1.82, 2.24) is 10.3 Å². The van der Waals surface area contributed by atoms with Crippen molar-refractivity contribution in [2.24, 2.45) is 5.92 Å². The lowest BCUT2D eigenvalue weighted by atomic mass is 10.1. The van der Waals surface area contributed by atoms with Crippen molar-refractivity contribution in [3.05, 3.63) is 29.1 Å². The minimum Gasteiger partial charge on any atom is -0.497 e. The van der Waals surface area contributed by atoms with Crippen molar-refractivity contribution in [1.29, 1.82) is 0 Å². The van der Waals surface area contributed by atoms with E-state index in [1.807, 2.05) is 45.2 Å². The molecular weight excluding hydrogens is 298 g/mol. The van der Waals surface area contributed by atoms with Gasteiger partial charge in [-0.2, -0.15) is 0 Å². The zero-order valence-electron chi connectivity index (χ0n) is 13.3. The molecule has 118 valence electrons. The molecule has 0 bridgehead atoms. The Morgan fingerprint density at radius 3 is 2.64 bits per heavy atom. The summed E-state index contributed by atoms with van der Waals surface area (Å²) in [5.41, 5.74) is 1.91. The number of hydrogen-bond acceptors (Lipinski definition) is 5. The molecule has 2 aromatic rings. The van der Waals surface area contributed by atoms with E-state index in [0.29, 0.717) is 11.7 Å². The summed E-state index contributed by atoms with van der Waals surface area (Å²) < 4.78 is 5.16. The quantitative estimate of drug-likeness (QED) is 0.859. The number of benzene rings is 1. The predicted octanol–water partition coefficient (Wildman–Crippen LogP) is 2.92. The van der Waals surface area contributed by atoms with Gasteiger partial charge in [-0.05, 0) is 38.2 Å². The molecule has 0 aliphatic carbocycles. The summed E-state index contributed by atoms with van der Waals surface area (Å²) in [6, 6.07) is 7.75. The second-order valence-corrected chi connectivity index (χ2v) is 6.30. The van der Waals surface area contributed by atoms with Gasteiger partial charge >= 0.3 is 0 Å². The van der Waals surface area contributed by atoms with E-state index in [0.717, 1.165) is 21.9 Å². The molecule has 1 aromatic carbocycles. The second-order valence-electron chi connectivity index (χ2n) is 5.10. The Morgan fingerprint density at radius 2 is 2.05 bits per heavy atom. The zero-order chi connectivity index (χ0) is 16.1. The Morgan fingerprint density at radius 1 is 1.36 bits per heavy atom. The van der Waals surface area contributed by atoms with Crippen LogP contribution in [0.5, 0.6) is 5.75 Å². The summed E-state index contributed by atoms with van der Waals surface area (Å²) in [5, 5.41) is 6.52. The standard InChI is InChI=1S/C16H21N3O2S/c1-10(9-17-3)15(20)19-16-18-14(11(2)22-16)12-5-7-13(21-4)8-6-12/h5-8,10,17H,9H2,1-4H3,(H,18,19,20). The van der Waals surface area contributed by atoms with Crippen LogP contribution in [0.15, 0.2) is 24.3 Å². The number of aromatic nitrogens is 1. The van der Waals surface area contributed by atoms with Gasteiger partial charge in [0.25, 0.3) is 0 Å². The van der Waals surface area contributed by atoms with Crippen LogP contribution in [0.3, 0.4) is 0 Å². The van der Waals surface area contributed by atoms with E-state index in [1.54, 1.807) is 7.11 Å². The van der Waals surface area contributed by atoms with Gasteiger partial charge in [0.2, 0.25) is 5.91 Å². The first-order chi connectivity index (χ1) is 10.5. The van der Waals surface area contributed by atoms with E-state index in [4.69, 9.17) is 4.74 Å². The van der Waals surface area contributed by atoms with E-state index in [9.17, 15) is 4.79 Å². The van der Waals surface area contributed by atoms with Crippen LogP contribution in [0.1, 0.15) is 11.8 Å². The normalized spacial score (nSPS) is 12.0. The molecule has 1 unspecified atom stereocenters. The van der Waals surface area contributed by atoms with Gasteiger partial charge in [0, 0.05) is 22.9 Å². The monoisotopic (exact) mass is 319 g/mol. The van der Waals surface area contributed by atoms with Crippen molar-refractivity contribution < 1.29 is 9.53 Å². The number of amides is 1. The molecule has 0 saturated heterocycles. The van der Waals surface area contributed by atoms with Crippen LogP contribution >= 0.6 is 11.3 Å². The van der Waals surface area contributed by atoms with Crippen molar-refractivity contribution in [2.75, 3.05) is 26.0 Å². The predicted molar refractivity (Wildman–Crippen MR) is 90.6 cm³/mol. The van der Waals surface area contributed by atoms with Gasteiger partial charge in [-0.15, -0.1) is 11.3 Å². The topological polar surface area (TPSA) is 63.2 Å². The molecule has 0 spiro atoms. The van der Waals surface area contributed by atoms with Crippen molar-refractivity contribution >= 4 is 22.4 Å². The van der Waals surface area contributed by atoms with Crippen molar-refractivity contribution in [2.45, 2.75) is 13.8 Å². The van der Waals surface area contributed by atoms with Crippen molar-refractivity contribution in [3.8, 4) is 17.0 Å². The smallest absolute Gasteiger partial charge is 0.230 e. The van der Waals surface area contributed by atoms with E-state index in [2.05, 4.69) is 15.6 Å². The molecule has 0 aliphatic rings. The fourth-order valence-corrected chi connectivity index (χ4v) is 2.93. The highest BCUT2D eigenvalue weighted by atomic mass is 32.1. The first-order valence-electron chi connectivity index (χ1n) is 7.12. The number of methoxy groups -OCH3 is 1. The number of hydrogen-bond donors (Lipinski definition) is 2. The van der Waals surface area contributed by atoms with E-state index < -0.39 is 0 Å². The third kappa shape index (κ3) is 3.84. The first-order valence-corrected chi connectivity index (χ1v) is 7.94. The van der Waals surface area contributed by atoms with Gasteiger partial charge in [-0.25, -0.2) is 4.98 Å². The summed E-state index contributed by atoms with van der Waals surface area (Å²) in [6.45, 7) is 4.53. The summed E-state index contributed by atoms with van der Waals surface area (Å²) in [7, 11) is 3.47. The third-order valence-corrected chi connectivity index (χ3v) is 4.23. The Labute approximate surface area is 134 Å². The maximum atomic E-state index is 12.0. The molecule has 1 heterocycles. The molecule has 5 nitrogen and oxygen atoms in total. The summed E-state index contributed by atoms with van der Waals surface area (Å²) >= 11 is 1.49. The van der Waals surface area contributed by atoms with E-state index in [-0.39, 0.29) is 11.8 Å². The SMILES string of the molecule is CNCC(C)C(=O)Nc1nc(-c2ccc(OC)cc2)c(C)s1. The van der Waals surface area contributed by atoms with Crippen LogP contribution < -0.4 is 15.4 Å². The van der Waals surface area contributed by atoms with Crippen LogP contribution in [-0.2, 0) is 4.79 Å². The van der Waals surface area contributed by atoms with Crippen LogP contribution in [0, 0.1) is 12.8 Å². The number of nitrogens with zero attached hydrogens (tertiary/aromatic N) is 1. The van der Waals surface area contributed by atoms with Crippen molar-refractivity contribution in [3.63, 3.8) is 0 Å². The number of nitrogens with one attached hydrogen (secondary N) is 2. The number of carbonyl (C=O) groups excluding carboxylic acids is 1. The van der Waals surface area contributed by atoms with Gasteiger partial charge in [0.05, 0.1) is 12.8 Å². The average molecular weight is 319 g/mol. The lowest BCUT2D eigenvalue weighted by Gasteiger charge is -2.09. The highest BCUT2D eigenvalue weighted by Gasteiger charge is 2.16. The largest absolute Gasteiger partial charge is 0.497 e. The summed E-state index contributed by atoms with van der Waals surface area (Å²) in [5.74, 6) is 0.689. The Kier molecular flexibility index (Phi) is 5.51. The Balaban J connectivity index is 2.15. The van der Waals surface area contributed by atoms with Gasteiger partial charge in [-0.1, -0.05) is 6.92 Å². The Bertz CT molecular complexity index is 637. The highest BCUT2D eigenvalue weighted by molar-refractivity contribution is 7.16. The lowest BCUT2D eigenvalue weighted by molar-refractivity contribution is -0.119. The number of carbonyl (C=O) groups is 1. The highest BCUT2D eigenvalue weighted by Crippen LogP contribution is 2.31. The maximum Gasteiger partial charge on any atom is 0.230 e. The van der Waals surface area contributed by atoms with E-state index >= 15 is 0 Å². The van der Waals surface area contributed by atoms with Crippen LogP contribution in [0.2, 0.25) is 0 Å². The van der Waals surface area contributed by atoms with Gasteiger partial charge in [0.1, 0.15) is 5.75 Å². The molecule has 1 atom stereocenters. The van der Waals surface area contributed by atoms with Gasteiger partial charge in [0.15, 0.2) is 5.13 Å². The minimum atomic E-state index is -0.0985. The molecule has 0 aliphatic heterocycles. The van der Waals surface area contributed by atoms with Gasteiger partial charge in [-0.3, -0.25) is 4.79 Å². The number of thiazole rings is 1. The molecule has 1 aromatic heterocycles. The van der Waals surface area contributed by atoms with Gasteiger partial charge < -0.3 is 15.4 Å². The second kappa shape index (κ2) is 7.38. The first kappa shape index (κ1) is 16.5. The molecule has 1 amide bonds. The van der Waals surface area contributed by atoms with Crippen LogP contribution in [0.4, 0.5) is 5.13 Å². The van der Waals surface area contributed by atoms with Crippen LogP contribution in [-0.4, -0.2) is 31.6 Å². The number of rotatable bonds is 6. The number of aryl methyl sites for hydroxylation is 1. The molecule has 0 fully saturated rings. The third-order valence-electron chi connectivity index (χ3n) is 3.35. The minimum absolute atomic E-state index is 0.0237. The molecule has 0 saturated carbocycles. The maximum absolute atomic E-state index is 12.0. The number of ether oxygens (including phenoxy) is 1. The number of anilines is 1. The molecular formula is C16H21N3O2S. The fraction of sp³-hybridized carbons (Fsp3) is 0.375. The molecule has 22 heavy (non-hydrogen) atoms. The van der Waals surface area contributed by atoms with E-state index in [1.165, 1.54) is 11.3 Å². The average Bonchev–Trinajstić information content (AvgIpc) is 2.88. The molecule has 2 N–H and O–H groups in total. The molecule has 0 radical (unpaired) electrons. The zero-order valence-corrected chi connectivity index (χ0v) is 14.1. The lowest BCUT2D eigenvalue weighted by Crippen LogP contribution is -2.28. The summed E-state index contributed by atoms with van der Waals surface area (Å²) in [6.07, 6.45) is 0. The molecule has 2 rings (SSSR count). The fourth-order valence-electron chi connectivity index (χ4n) is 2.09. The van der Waals surface area contributed by atoms with Crippen LogP contribution in [0.25, 0.3) is 11.3 Å².